The minimum Gasteiger partial charge on any atom is -0.459 e. The summed E-state index contributed by atoms with van der Waals surface area (Å²) in [6.07, 6.45) is 1.37. The first-order chi connectivity index (χ1) is 10.1. The number of carbonyl (C=O) groups is 1. The Morgan fingerprint density at radius 1 is 1.24 bits per heavy atom. The Hall–Kier alpha value is -2.43. The maximum absolute atomic E-state index is 13.2. The molecule has 0 aliphatic carbocycles. The van der Waals surface area contributed by atoms with Crippen LogP contribution in [-0.2, 0) is 16.1 Å². The highest BCUT2D eigenvalue weighted by Gasteiger charge is 2.21. The highest BCUT2D eigenvalue weighted by atomic mass is 19.1. The van der Waals surface area contributed by atoms with Crippen molar-refractivity contribution in [3.05, 3.63) is 70.4 Å². The van der Waals surface area contributed by atoms with Gasteiger partial charge >= 0.3 is 5.97 Å². The van der Waals surface area contributed by atoms with Crippen molar-refractivity contribution in [1.29, 1.82) is 0 Å². The van der Waals surface area contributed by atoms with Gasteiger partial charge in [-0.05, 0) is 18.1 Å². The molecule has 0 radical (unpaired) electrons. The topological polar surface area (TPSA) is 48.3 Å². The van der Waals surface area contributed by atoms with Gasteiger partial charge in [-0.3, -0.25) is 9.36 Å². The maximum Gasteiger partial charge on any atom is 0.329 e. The molecule has 110 valence electrons. The van der Waals surface area contributed by atoms with Crippen LogP contribution in [0.5, 0.6) is 0 Å². The van der Waals surface area contributed by atoms with Crippen molar-refractivity contribution in [3.63, 3.8) is 0 Å². The quantitative estimate of drug-likeness (QED) is 0.795. The van der Waals surface area contributed by atoms with E-state index in [1.165, 1.54) is 0 Å². The molecule has 1 heterocycles. The van der Waals surface area contributed by atoms with Gasteiger partial charge in [0, 0.05) is 12.3 Å². The molecule has 2 aromatic rings. The largest absolute Gasteiger partial charge is 0.459 e. The van der Waals surface area contributed by atoms with Crippen LogP contribution >= 0.6 is 0 Å². The van der Waals surface area contributed by atoms with Crippen LogP contribution in [0.25, 0.3) is 0 Å². The Kier molecular flexibility index (Phi) is 4.87. The van der Waals surface area contributed by atoms with Crippen molar-refractivity contribution < 1.29 is 13.9 Å². The Bertz CT molecular complexity index is 667. The lowest BCUT2D eigenvalue weighted by Gasteiger charge is -2.17. The van der Waals surface area contributed by atoms with E-state index in [-0.39, 0.29) is 6.61 Å². The second kappa shape index (κ2) is 6.83. The van der Waals surface area contributed by atoms with Crippen LogP contribution in [0.2, 0.25) is 0 Å². The normalized spacial score (nSPS) is 11.9. The third-order valence-electron chi connectivity index (χ3n) is 3.12. The zero-order valence-corrected chi connectivity index (χ0v) is 11.7. The van der Waals surface area contributed by atoms with E-state index in [1.54, 1.807) is 6.92 Å². The van der Waals surface area contributed by atoms with E-state index in [2.05, 4.69) is 0 Å². The van der Waals surface area contributed by atoms with Gasteiger partial charge in [0.1, 0.15) is 18.5 Å². The average Bonchev–Trinajstić information content (AvgIpc) is 2.50. The standard InChI is InChI=1S/C16H16FNO3/c1-2-14(18-10-13(17)8-9-15(18)19)16(20)21-11-12-6-4-3-5-7-12/h3-10,14H,2,11H2,1H3. The molecule has 0 spiro atoms. The molecule has 0 saturated heterocycles. The maximum atomic E-state index is 13.2. The first kappa shape index (κ1) is 15.0. The monoisotopic (exact) mass is 289 g/mol. The van der Waals surface area contributed by atoms with Gasteiger partial charge in [-0.15, -0.1) is 0 Å². The summed E-state index contributed by atoms with van der Waals surface area (Å²) in [6, 6.07) is 10.6. The molecular weight excluding hydrogens is 273 g/mol. The Balaban J connectivity index is 2.12. The van der Waals surface area contributed by atoms with Gasteiger partial charge in [0.25, 0.3) is 5.56 Å². The Morgan fingerprint density at radius 3 is 2.62 bits per heavy atom. The number of aromatic nitrogens is 1. The van der Waals surface area contributed by atoms with Crippen molar-refractivity contribution in [1.82, 2.24) is 4.57 Å². The Morgan fingerprint density at radius 2 is 1.95 bits per heavy atom. The number of nitrogens with zero attached hydrogens (tertiary/aromatic N) is 1. The van der Waals surface area contributed by atoms with Crippen LogP contribution in [0.4, 0.5) is 4.39 Å². The van der Waals surface area contributed by atoms with Crippen molar-refractivity contribution in [2.45, 2.75) is 26.0 Å². The number of esters is 1. The number of ether oxygens (including phenoxy) is 1. The zero-order valence-electron chi connectivity index (χ0n) is 11.7. The van der Waals surface area contributed by atoms with E-state index >= 15 is 0 Å². The predicted octanol–water partition coefficient (Wildman–Crippen LogP) is 2.68. The molecule has 0 bridgehead atoms. The molecular formula is C16H16FNO3. The predicted molar refractivity (Wildman–Crippen MR) is 76.2 cm³/mol. The molecule has 0 aliphatic rings. The van der Waals surface area contributed by atoms with E-state index < -0.39 is 23.4 Å². The van der Waals surface area contributed by atoms with Gasteiger partial charge in [0.15, 0.2) is 0 Å². The number of hydrogen-bond acceptors (Lipinski definition) is 3. The van der Waals surface area contributed by atoms with E-state index in [0.29, 0.717) is 6.42 Å². The zero-order chi connectivity index (χ0) is 15.2. The van der Waals surface area contributed by atoms with Gasteiger partial charge in [-0.25, -0.2) is 9.18 Å². The summed E-state index contributed by atoms with van der Waals surface area (Å²) >= 11 is 0. The number of benzene rings is 1. The van der Waals surface area contributed by atoms with Crippen LogP contribution in [0, 0.1) is 5.82 Å². The first-order valence-corrected chi connectivity index (χ1v) is 6.70. The summed E-state index contributed by atoms with van der Waals surface area (Å²) in [5.74, 6) is -1.11. The minimum absolute atomic E-state index is 0.125. The first-order valence-electron chi connectivity index (χ1n) is 6.70. The number of carbonyl (C=O) groups excluding carboxylic acids is 1. The summed E-state index contributed by atoms with van der Waals surface area (Å²) in [5, 5.41) is 0. The van der Waals surface area contributed by atoms with Crippen molar-refractivity contribution in [2.24, 2.45) is 0 Å². The molecule has 0 saturated carbocycles. The van der Waals surface area contributed by atoms with E-state index in [1.807, 2.05) is 30.3 Å². The average molecular weight is 289 g/mol. The molecule has 1 aromatic heterocycles. The van der Waals surface area contributed by atoms with E-state index in [9.17, 15) is 14.0 Å². The molecule has 2 rings (SSSR count). The third-order valence-corrected chi connectivity index (χ3v) is 3.12. The highest BCUT2D eigenvalue weighted by Crippen LogP contribution is 2.13. The number of halogens is 1. The fourth-order valence-corrected chi connectivity index (χ4v) is 2.02. The van der Waals surface area contributed by atoms with E-state index in [4.69, 9.17) is 4.74 Å². The van der Waals surface area contributed by atoms with Gasteiger partial charge in [-0.2, -0.15) is 0 Å². The molecule has 1 unspecified atom stereocenters. The van der Waals surface area contributed by atoms with Gasteiger partial charge in [-0.1, -0.05) is 37.3 Å². The fourth-order valence-electron chi connectivity index (χ4n) is 2.02. The number of pyridine rings is 1. The summed E-state index contributed by atoms with van der Waals surface area (Å²) in [5.41, 5.74) is 0.423. The second-order valence-electron chi connectivity index (χ2n) is 4.61. The summed E-state index contributed by atoms with van der Waals surface area (Å²) in [6.45, 7) is 1.87. The lowest BCUT2D eigenvalue weighted by atomic mass is 10.2. The summed E-state index contributed by atoms with van der Waals surface area (Å²) in [7, 11) is 0. The molecule has 0 fully saturated rings. The van der Waals surface area contributed by atoms with Crippen LogP contribution < -0.4 is 5.56 Å². The van der Waals surface area contributed by atoms with Gasteiger partial charge < -0.3 is 4.74 Å². The smallest absolute Gasteiger partial charge is 0.329 e. The summed E-state index contributed by atoms with van der Waals surface area (Å²) in [4.78, 5) is 23.8. The summed E-state index contributed by atoms with van der Waals surface area (Å²) < 4.78 is 19.5. The lowest BCUT2D eigenvalue weighted by molar-refractivity contribution is -0.149. The van der Waals surface area contributed by atoms with Crippen molar-refractivity contribution >= 4 is 5.97 Å². The van der Waals surface area contributed by atoms with E-state index in [0.717, 1.165) is 28.5 Å². The molecule has 0 amide bonds. The molecule has 1 aromatic carbocycles. The van der Waals surface area contributed by atoms with Crippen LogP contribution in [-0.4, -0.2) is 10.5 Å². The molecule has 5 heteroatoms. The molecule has 1 atom stereocenters. The van der Waals surface area contributed by atoms with Crippen molar-refractivity contribution in [2.75, 3.05) is 0 Å². The van der Waals surface area contributed by atoms with Crippen LogP contribution in [0.15, 0.2) is 53.5 Å². The van der Waals surface area contributed by atoms with Crippen molar-refractivity contribution in [3.8, 4) is 0 Å². The number of rotatable bonds is 5. The number of hydrogen-bond donors (Lipinski definition) is 0. The van der Waals surface area contributed by atoms with Crippen LogP contribution in [0.1, 0.15) is 24.9 Å². The SMILES string of the molecule is CCC(C(=O)OCc1ccccc1)n1cc(F)ccc1=O. The Labute approximate surface area is 121 Å². The molecule has 21 heavy (non-hydrogen) atoms. The van der Waals surface area contributed by atoms with Gasteiger partial charge in [0.05, 0.1) is 0 Å². The lowest BCUT2D eigenvalue weighted by Crippen LogP contribution is -2.30. The minimum atomic E-state index is -0.822. The molecule has 0 N–H and O–H groups in total. The third kappa shape index (κ3) is 3.78. The molecule has 0 aliphatic heterocycles. The van der Waals surface area contributed by atoms with Gasteiger partial charge in [0.2, 0.25) is 0 Å². The molecule has 4 nitrogen and oxygen atoms in total. The second-order valence-corrected chi connectivity index (χ2v) is 4.61. The van der Waals surface area contributed by atoms with Crippen LogP contribution in [0.3, 0.4) is 0 Å². The highest BCUT2D eigenvalue weighted by molar-refractivity contribution is 5.74. The fraction of sp³-hybridized carbons (Fsp3) is 0.250.